The third-order valence-electron chi connectivity index (χ3n) is 1.17. The van der Waals surface area contributed by atoms with Gasteiger partial charge in [-0.05, 0) is 13.0 Å². The minimum absolute atomic E-state index is 0.762. The molecule has 0 saturated heterocycles. The SMILES string of the molecule is C=Cc1cnoc1/C=C\C. The maximum atomic E-state index is 4.89. The second kappa shape index (κ2) is 3.01. The number of nitrogens with zero attached hydrogens (tertiary/aromatic N) is 1. The van der Waals surface area contributed by atoms with Crippen molar-refractivity contribution < 1.29 is 4.52 Å². The molecule has 2 heteroatoms. The van der Waals surface area contributed by atoms with Crippen LogP contribution in [0.5, 0.6) is 0 Å². The molecular weight excluding hydrogens is 126 g/mol. The van der Waals surface area contributed by atoms with Crippen molar-refractivity contribution in [2.45, 2.75) is 6.92 Å². The summed E-state index contributed by atoms with van der Waals surface area (Å²) >= 11 is 0. The van der Waals surface area contributed by atoms with Crippen LogP contribution < -0.4 is 0 Å². The lowest BCUT2D eigenvalue weighted by Gasteiger charge is -1.82. The normalized spacial score (nSPS) is 10.5. The second-order valence-corrected chi connectivity index (χ2v) is 1.85. The van der Waals surface area contributed by atoms with Crippen LogP contribution in [-0.2, 0) is 0 Å². The molecule has 0 fully saturated rings. The van der Waals surface area contributed by atoms with E-state index in [-0.39, 0.29) is 0 Å². The Morgan fingerprint density at radius 1 is 1.70 bits per heavy atom. The van der Waals surface area contributed by atoms with Gasteiger partial charge in [0, 0.05) is 5.56 Å². The maximum absolute atomic E-state index is 4.89. The highest BCUT2D eigenvalue weighted by atomic mass is 16.5. The molecule has 1 aromatic heterocycles. The van der Waals surface area contributed by atoms with Crippen LogP contribution in [0, 0.1) is 0 Å². The minimum atomic E-state index is 0.762. The molecule has 0 radical (unpaired) electrons. The zero-order valence-corrected chi connectivity index (χ0v) is 5.87. The largest absolute Gasteiger partial charge is 0.356 e. The van der Waals surface area contributed by atoms with Crippen LogP contribution >= 0.6 is 0 Å². The zero-order valence-electron chi connectivity index (χ0n) is 5.87. The molecule has 0 unspecified atom stereocenters. The average molecular weight is 135 g/mol. The van der Waals surface area contributed by atoms with Crippen molar-refractivity contribution in [1.82, 2.24) is 5.16 Å². The average Bonchev–Trinajstić information content (AvgIpc) is 2.36. The van der Waals surface area contributed by atoms with E-state index in [1.54, 1.807) is 12.3 Å². The Bertz CT molecular complexity index is 248. The van der Waals surface area contributed by atoms with Gasteiger partial charge in [-0.1, -0.05) is 23.9 Å². The molecule has 10 heavy (non-hydrogen) atoms. The van der Waals surface area contributed by atoms with Gasteiger partial charge in [0.2, 0.25) is 0 Å². The van der Waals surface area contributed by atoms with Crippen molar-refractivity contribution in [3.63, 3.8) is 0 Å². The fraction of sp³-hybridized carbons (Fsp3) is 0.125. The first-order valence-corrected chi connectivity index (χ1v) is 3.08. The van der Waals surface area contributed by atoms with Gasteiger partial charge in [0.15, 0.2) is 5.76 Å². The smallest absolute Gasteiger partial charge is 0.166 e. The van der Waals surface area contributed by atoms with E-state index >= 15 is 0 Å². The van der Waals surface area contributed by atoms with E-state index in [2.05, 4.69) is 11.7 Å². The van der Waals surface area contributed by atoms with Crippen molar-refractivity contribution in [2.24, 2.45) is 0 Å². The van der Waals surface area contributed by atoms with E-state index < -0.39 is 0 Å². The molecule has 1 heterocycles. The predicted octanol–water partition coefficient (Wildman–Crippen LogP) is 2.35. The van der Waals surface area contributed by atoms with E-state index in [4.69, 9.17) is 4.52 Å². The third kappa shape index (κ3) is 1.16. The summed E-state index contributed by atoms with van der Waals surface area (Å²) in [5.41, 5.74) is 0.929. The van der Waals surface area contributed by atoms with Gasteiger partial charge < -0.3 is 4.52 Å². The van der Waals surface area contributed by atoms with E-state index in [0.29, 0.717) is 0 Å². The van der Waals surface area contributed by atoms with Gasteiger partial charge >= 0.3 is 0 Å². The summed E-state index contributed by atoms with van der Waals surface area (Å²) in [5.74, 6) is 0.762. The summed E-state index contributed by atoms with van der Waals surface area (Å²) in [4.78, 5) is 0. The summed E-state index contributed by atoms with van der Waals surface area (Å²) in [6.45, 7) is 5.54. The highest BCUT2D eigenvalue weighted by Gasteiger charge is 1.97. The van der Waals surface area contributed by atoms with E-state index in [1.807, 2.05) is 19.1 Å². The van der Waals surface area contributed by atoms with Gasteiger partial charge in [-0.3, -0.25) is 0 Å². The molecule has 0 atom stereocenters. The predicted molar refractivity (Wildman–Crippen MR) is 41.3 cm³/mol. The Morgan fingerprint density at radius 3 is 3.10 bits per heavy atom. The molecule has 0 N–H and O–H groups in total. The molecule has 2 nitrogen and oxygen atoms in total. The number of hydrogen-bond donors (Lipinski definition) is 0. The summed E-state index contributed by atoms with van der Waals surface area (Å²) in [5, 5.41) is 3.61. The Labute approximate surface area is 59.8 Å². The van der Waals surface area contributed by atoms with Crippen LogP contribution in [0.25, 0.3) is 12.2 Å². The lowest BCUT2D eigenvalue weighted by Crippen LogP contribution is -1.67. The molecular formula is C8H9NO. The lowest BCUT2D eigenvalue weighted by molar-refractivity contribution is 0.412. The standard InChI is InChI=1S/C8H9NO/c1-3-5-8-7(4-2)6-9-10-8/h3-6H,2H2,1H3/b5-3-. The molecule has 0 bridgehead atoms. The fourth-order valence-electron chi connectivity index (χ4n) is 0.688. The molecule has 0 aliphatic carbocycles. The van der Waals surface area contributed by atoms with Crippen molar-refractivity contribution in [1.29, 1.82) is 0 Å². The Hall–Kier alpha value is -1.31. The summed E-state index contributed by atoms with van der Waals surface area (Å²) in [6, 6.07) is 0. The number of rotatable bonds is 2. The first-order chi connectivity index (χ1) is 4.88. The Kier molecular flexibility index (Phi) is 2.05. The van der Waals surface area contributed by atoms with Gasteiger partial charge in [-0.25, -0.2) is 0 Å². The zero-order chi connectivity index (χ0) is 7.40. The summed E-state index contributed by atoms with van der Waals surface area (Å²) in [6.07, 6.45) is 7.10. The first kappa shape index (κ1) is 6.81. The molecule has 52 valence electrons. The quantitative estimate of drug-likeness (QED) is 0.622. The Balaban J connectivity index is 3.00. The first-order valence-electron chi connectivity index (χ1n) is 3.08. The summed E-state index contributed by atoms with van der Waals surface area (Å²) < 4.78 is 4.89. The number of aromatic nitrogens is 1. The second-order valence-electron chi connectivity index (χ2n) is 1.85. The fourth-order valence-corrected chi connectivity index (χ4v) is 0.688. The molecule has 0 aliphatic heterocycles. The third-order valence-corrected chi connectivity index (χ3v) is 1.17. The van der Waals surface area contributed by atoms with Gasteiger partial charge in [-0.2, -0.15) is 0 Å². The van der Waals surface area contributed by atoms with E-state index in [1.165, 1.54) is 0 Å². The number of hydrogen-bond acceptors (Lipinski definition) is 2. The minimum Gasteiger partial charge on any atom is -0.356 e. The van der Waals surface area contributed by atoms with Gasteiger partial charge in [-0.15, -0.1) is 0 Å². The van der Waals surface area contributed by atoms with Crippen LogP contribution in [-0.4, -0.2) is 5.16 Å². The van der Waals surface area contributed by atoms with Crippen LogP contribution in [0.4, 0.5) is 0 Å². The molecule has 1 aromatic rings. The molecule has 0 aromatic carbocycles. The van der Waals surface area contributed by atoms with Crippen LogP contribution in [0.3, 0.4) is 0 Å². The van der Waals surface area contributed by atoms with Crippen molar-refractivity contribution >= 4 is 12.2 Å². The topological polar surface area (TPSA) is 26.0 Å². The van der Waals surface area contributed by atoms with Crippen LogP contribution in [0.15, 0.2) is 23.4 Å². The van der Waals surface area contributed by atoms with Gasteiger partial charge in [0.1, 0.15) is 0 Å². The number of allylic oxidation sites excluding steroid dienone is 1. The molecule has 0 aliphatic rings. The monoisotopic (exact) mass is 135 g/mol. The van der Waals surface area contributed by atoms with Crippen molar-refractivity contribution in [3.05, 3.63) is 30.2 Å². The molecule has 0 amide bonds. The molecule has 0 spiro atoms. The highest BCUT2D eigenvalue weighted by molar-refractivity contribution is 5.58. The highest BCUT2D eigenvalue weighted by Crippen LogP contribution is 2.10. The lowest BCUT2D eigenvalue weighted by atomic mass is 10.2. The van der Waals surface area contributed by atoms with Crippen LogP contribution in [0.2, 0.25) is 0 Å². The summed E-state index contributed by atoms with van der Waals surface area (Å²) in [7, 11) is 0. The van der Waals surface area contributed by atoms with Crippen molar-refractivity contribution in [2.75, 3.05) is 0 Å². The van der Waals surface area contributed by atoms with E-state index in [0.717, 1.165) is 11.3 Å². The maximum Gasteiger partial charge on any atom is 0.166 e. The molecule has 1 rings (SSSR count). The van der Waals surface area contributed by atoms with E-state index in [9.17, 15) is 0 Å². The van der Waals surface area contributed by atoms with Gasteiger partial charge in [0.25, 0.3) is 0 Å². The van der Waals surface area contributed by atoms with Crippen molar-refractivity contribution in [3.8, 4) is 0 Å². The Morgan fingerprint density at radius 2 is 2.50 bits per heavy atom. The van der Waals surface area contributed by atoms with Crippen LogP contribution in [0.1, 0.15) is 18.2 Å². The van der Waals surface area contributed by atoms with Gasteiger partial charge in [0.05, 0.1) is 6.20 Å². The molecule has 0 saturated carbocycles.